The standard InChI is InChI=1S/C24H26F3N3O3S.C2H6/c1-22(2,3)15-10-11-16-17(13-28)20(34-18(16)12-15)30-23(21(32)33-4,24(25,26)27)29-19(31)14-8-6-5-7-9-14;1-2/h5-9,15,30H,10-12H2,1-4H3,(H,29,31);1-2H3. The highest BCUT2D eigenvalue weighted by Gasteiger charge is 2.64. The molecule has 196 valence electrons. The van der Waals surface area contributed by atoms with Crippen LogP contribution in [0.15, 0.2) is 30.3 Å². The summed E-state index contributed by atoms with van der Waals surface area (Å²) in [5.41, 5.74) is -2.92. The number of fused-ring (bicyclic) bond motifs is 1. The maximum Gasteiger partial charge on any atom is 0.441 e. The highest BCUT2D eigenvalue weighted by atomic mass is 32.1. The van der Waals surface area contributed by atoms with Gasteiger partial charge in [-0.1, -0.05) is 52.8 Å². The summed E-state index contributed by atoms with van der Waals surface area (Å²) >= 11 is 1.01. The average molecular weight is 524 g/mol. The lowest BCUT2D eigenvalue weighted by molar-refractivity contribution is -0.203. The summed E-state index contributed by atoms with van der Waals surface area (Å²) in [6.07, 6.45) is -3.32. The summed E-state index contributed by atoms with van der Waals surface area (Å²) in [6, 6.07) is 9.22. The quantitative estimate of drug-likeness (QED) is 0.367. The minimum atomic E-state index is -5.28. The van der Waals surface area contributed by atoms with Crippen LogP contribution in [-0.2, 0) is 22.4 Å². The van der Waals surface area contributed by atoms with Gasteiger partial charge in [-0.3, -0.25) is 4.79 Å². The normalized spacial score (nSPS) is 16.8. The van der Waals surface area contributed by atoms with Gasteiger partial charge in [-0.2, -0.15) is 18.4 Å². The lowest BCUT2D eigenvalue weighted by Crippen LogP contribution is -2.69. The Morgan fingerprint density at radius 3 is 2.25 bits per heavy atom. The Balaban J connectivity index is 0.00000222. The number of methoxy groups -OCH3 is 1. The fourth-order valence-electron chi connectivity index (χ4n) is 4.08. The SMILES string of the molecule is CC.COC(=O)C(NC(=O)c1ccccc1)(Nc1sc2c(c1C#N)CCC(C(C)(C)C)C2)C(F)(F)F. The van der Waals surface area contributed by atoms with Crippen molar-refractivity contribution in [3.63, 3.8) is 0 Å². The Morgan fingerprint density at radius 1 is 1.14 bits per heavy atom. The molecule has 1 amide bonds. The van der Waals surface area contributed by atoms with Crippen LogP contribution in [0.5, 0.6) is 0 Å². The zero-order valence-corrected chi connectivity index (χ0v) is 22.1. The van der Waals surface area contributed by atoms with Gasteiger partial charge >= 0.3 is 17.8 Å². The number of amides is 1. The third kappa shape index (κ3) is 5.84. The minimum absolute atomic E-state index is 0.00647. The van der Waals surface area contributed by atoms with Gasteiger partial charge in [0, 0.05) is 10.4 Å². The number of hydrogen-bond acceptors (Lipinski definition) is 6. The number of carbonyl (C=O) groups excluding carboxylic acids is 2. The number of hydrogen-bond donors (Lipinski definition) is 2. The third-order valence-electron chi connectivity index (χ3n) is 6.16. The first-order valence-corrected chi connectivity index (χ1v) is 12.5. The zero-order valence-electron chi connectivity index (χ0n) is 21.3. The lowest BCUT2D eigenvalue weighted by Gasteiger charge is -2.34. The fourth-order valence-corrected chi connectivity index (χ4v) is 5.41. The molecule has 0 spiro atoms. The molecule has 0 saturated carbocycles. The maximum absolute atomic E-state index is 14.5. The number of nitrogens with zero attached hydrogens (tertiary/aromatic N) is 1. The highest BCUT2D eigenvalue weighted by molar-refractivity contribution is 7.16. The summed E-state index contributed by atoms with van der Waals surface area (Å²) in [4.78, 5) is 26.1. The summed E-state index contributed by atoms with van der Waals surface area (Å²) in [5, 5.41) is 13.6. The number of rotatable bonds is 5. The van der Waals surface area contributed by atoms with Gasteiger partial charge in [-0.25, -0.2) is 4.79 Å². The molecule has 36 heavy (non-hydrogen) atoms. The van der Waals surface area contributed by atoms with Crippen LogP contribution in [-0.4, -0.2) is 30.8 Å². The predicted octanol–water partition coefficient (Wildman–Crippen LogP) is 6.07. The molecule has 0 aliphatic heterocycles. The number of nitrogens with one attached hydrogen (secondary N) is 2. The van der Waals surface area contributed by atoms with E-state index in [2.05, 4.69) is 30.8 Å². The summed E-state index contributed by atoms with van der Waals surface area (Å²) in [5.74, 6) is -2.57. The molecule has 1 aromatic carbocycles. The molecular weight excluding hydrogens is 491 g/mol. The van der Waals surface area contributed by atoms with E-state index in [1.165, 1.54) is 24.3 Å². The van der Waals surface area contributed by atoms with Crippen LogP contribution in [0.1, 0.15) is 67.4 Å². The topological polar surface area (TPSA) is 91.2 Å². The average Bonchev–Trinajstić information content (AvgIpc) is 3.19. The Labute approximate surface area is 213 Å². The molecule has 1 heterocycles. The largest absolute Gasteiger partial charge is 0.466 e. The van der Waals surface area contributed by atoms with Crippen molar-refractivity contribution in [1.29, 1.82) is 5.26 Å². The molecule has 0 bridgehead atoms. The van der Waals surface area contributed by atoms with E-state index < -0.39 is 23.7 Å². The third-order valence-corrected chi connectivity index (χ3v) is 7.33. The Hall–Kier alpha value is -3.06. The first-order valence-electron chi connectivity index (χ1n) is 11.7. The molecule has 10 heteroatoms. The van der Waals surface area contributed by atoms with Crippen molar-refractivity contribution < 1.29 is 27.5 Å². The summed E-state index contributed by atoms with van der Waals surface area (Å²) < 4.78 is 47.8. The Bertz CT molecular complexity index is 1120. The molecule has 6 nitrogen and oxygen atoms in total. The van der Waals surface area contributed by atoms with Crippen LogP contribution < -0.4 is 10.6 Å². The fraction of sp³-hybridized carbons (Fsp3) is 0.500. The first-order chi connectivity index (χ1) is 16.8. The molecule has 1 aliphatic rings. The van der Waals surface area contributed by atoms with Crippen molar-refractivity contribution in [1.82, 2.24) is 5.32 Å². The second-order valence-electron chi connectivity index (χ2n) is 9.31. The van der Waals surface area contributed by atoms with Gasteiger partial charge in [0.05, 0.1) is 12.7 Å². The number of benzene rings is 1. The molecule has 3 rings (SSSR count). The van der Waals surface area contributed by atoms with Crippen molar-refractivity contribution in [3.05, 3.63) is 51.9 Å². The van der Waals surface area contributed by atoms with Gasteiger partial charge in [0.2, 0.25) is 0 Å². The van der Waals surface area contributed by atoms with Crippen LogP contribution in [0.2, 0.25) is 0 Å². The van der Waals surface area contributed by atoms with Gasteiger partial charge < -0.3 is 15.4 Å². The van der Waals surface area contributed by atoms with E-state index in [0.29, 0.717) is 24.3 Å². The van der Waals surface area contributed by atoms with Gasteiger partial charge in [0.25, 0.3) is 5.91 Å². The Morgan fingerprint density at radius 2 is 1.75 bits per heavy atom. The molecular formula is C26H32F3N3O3S. The minimum Gasteiger partial charge on any atom is -0.466 e. The van der Waals surface area contributed by atoms with Crippen molar-refractivity contribution in [2.45, 2.75) is 65.7 Å². The highest BCUT2D eigenvalue weighted by Crippen LogP contribution is 2.45. The van der Waals surface area contributed by atoms with Gasteiger partial charge in [-0.05, 0) is 48.3 Å². The Kier molecular flexibility index (Phi) is 9.18. The molecule has 2 atom stereocenters. The van der Waals surface area contributed by atoms with Crippen molar-refractivity contribution in [2.24, 2.45) is 11.3 Å². The second-order valence-corrected chi connectivity index (χ2v) is 10.4. The van der Waals surface area contributed by atoms with E-state index in [0.717, 1.165) is 29.7 Å². The lowest BCUT2D eigenvalue weighted by atomic mass is 9.72. The predicted molar refractivity (Wildman–Crippen MR) is 134 cm³/mol. The number of alkyl halides is 3. The van der Waals surface area contributed by atoms with E-state index in [1.54, 1.807) is 11.4 Å². The maximum atomic E-state index is 14.5. The van der Waals surface area contributed by atoms with E-state index in [4.69, 9.17) is 0 Å². The molecule has 0 radical (unpaired) electrons. The monoisotopic (exact) mass is 523 g/mol. The van der Waals surface area contributed by atoms with Crippen LogP contribution >= 0.6 is 11.3 Å². The van der Waals surface area contributed by atoms with Crippen molar-refractivity contribution >= 4 is 28.2 Å². The van der Waals surface area contributed by atoms with Crippen molar-refractivity contribution in [2.75, 3.05) is 12.4 Å². The number of nitriles is 1. The molecule has 2 unspecified atom stereocenters. The van der Waals surface area contributed by atoms with Crippen LogP contribution in [0.3, 0.4) is 0 Å². The smallest absolute Gasteiger partial charge is 0.441 e. The van der Waals surface area contributed by atoms with Gasteiger partial charge in [0.15, 0.2) is 0 Å². The summed E-state index contributed by atoms with van der Waals surface area (Å²) in [7, 11) is 0.803. The van der Waals surface area contributed by atoms with Gasteiger partial charge in [0.1, 0.15) is 11.1 Å². The number of anilines is 1. The number of carbonyl (C=O) groups is 2. The molecule has 0 saturated heterocycles. The number of halogens is 3. The molecule has 1 aliphatic carbocycles. The van der Waals surface area contributed by atoms with Crippen LogP contribution in [0.25, 0.3) is 0 Å². The molecule has 1 aromatic heterocycles. The van der Waals surface area contributed by atoms with E-state index in [9.17, 15) is 28.0 Å². The van der Waals surface area contributed by atoms with Crippen LogP contribution in [0.4, 0.5) is 18.2 Å². The van der Waals surface area contributed by atoms with Crippen LogP contribution in [0, 0.1) is 22.7 Å². The van der Waals surface area contributed by atoms with Gasteiger partial charge in [-0.15, -0.1) is 11.3 Å². The zero-order chi connectivity index (χ0) is 27.3. The second kappa shape index (κ2) is 11.3. The van der Waals surface area contributed by atoms with E-state index in [1.807, 2.05) is 19.9 Å². The molecule has 2 aromatic rings. The number of ether oxygens (including phenoxy) is 1. The van der Waals surface area contributed by atoms with E-state index in [-0.39, 0.29) is 21.5 Å². The number of esters is 1. The van der Waals surface area contributed by atoms with Crippen molar-refractivity contribution in [3.8, 4) is 6.07 Å². The molecule has 2 N–H and O–H groups in total. The molecule has 0 fully saturated rings. The number of thiophene rings is 1. The first kappa shape index (κ1) is 29.2. The summed E-state index contributed by atoms with van der Waals surface area (Å²) in [6.45, 7) is 10.3. The van der Waals surface area contributed by atoms with E-state index >= 15 is 0 Å².